The molecule has 1 aliphatic heterocycles. The van der Waals surface area contributed by atoms with Gasteiger partial charge in [-0.25, -0.2) is 0 Å². The molecule has 0 aliphatic carbocycles. The van der Waals surface area contributed by atoms with Crippen LogP contribution >= 0.6 is 15.9 Å². The molecule has 6 heteroatoms. The first-order valence-corrected chi connectivity index (χ1v) is 8.95. The van der Waals surface area contributed by atoms with E-state index in [4.69, 9.17) is 14.0 Å². The normalized spacial score (nSPS) is 15.4. The highest BCUT2D eigenvalue weighted by Gasteiger charge is 2.18. The summed E-state index contributed by atoms with van der Waals surface area (Å²) in [4.78, 5) is 12.2. The topological polar surface area (TPSA) is 61.6 Å². The molecular formula is C18H20BrNO4. The van der Waals surface area contributed by atoms with Crippen LogP contribution in [0.15, 0.2) is 39.3 Å². The van der Waals surface area contributed by atoms with Crippen molar-refractivity contribution in [3.05, 3.63) is 46.3 Å². The molecule has 2 heterocycles. The van der Waals surface area contributed by atoms with Gasteiger partial charge in [-0.05, 0) is 49.4 Å². The minimum Gasteiger partial charge on any atom is -0.486 e. The molecule has 1 aromatic heterocycles. The minimum atomic E-state index is 0.0279. The first kappa shape index (κ1) is 17.2. The van der Waals surface area contributed by atoms with Gasteiger partial charge in [-0.15, -0.1) is 0 Å². The van der Waals surface area contributed by atoms with Crippen LogP contribution in [-0.4, -0.2) is 24.2 Å². The van der Waals surface area contributed by atoms with Gasteiger partial charge in [0, 0.05) is 30.2 Å². The molecule has 0 amide bonds. The first-order chi connectivity index (χ1) is 11.7. The van der Waals surface area contributed by atoms with Gasteiger partial charge in [-0.1, -0.05) is 21.1 Å². The maximum absolute atomic E-state index is 12.2. The van der Waals surface area contributed by atoms with Crippen molar-refractivity contribution in [2.75, 3.05) is 13.2 Å². The number of halogens is 1. The Labute approximate surface area is 149 Å². The van der Waals surface area contributed by atoms with Gasteiger partial charge in [-0.2, -0.15) is 0 Å². The Kier molecular flexibility index (Phi) is 6.04. The van der Waals surface area contributed by atoms with E-state index in [9.17, 15) is 4.79 Å². The average molecular weight is 394 g/mol. The summed E-state index contributed by atoms with van der Waals surface area (Å²) in [6.07, 6.45) is 3.47. The summed E-state index contributed by atoms with van der Waals surface area (Å²) in [5.41, 5.74) is 0.386. The fourth-order valence-electron chi connectivity index (χ4n) is 2.70. The summed E-state index contributed by atoms with van der Waals surface area (Å²) in [6, 6.07) is 9.20. The predicted molar refractivity (Wildman–Crippen MR) is 92.1 cm³/mol. The summed E-state index contributed by atoms with van der Waals surface area (Å²) in [6.45, 7) is 1.86. The number of carbonyl (C=O) groups is 1. The minimum absolute atomic E-state index is 0.0279. The number of ether oxygens (including phenoxy) is 2. The van der Waals surface area contributed by atoms with E-state index in [1.165, 1.54) is 0 Å². The Hall–Kier alpha value is -1.66. The molecule has 0 N–H and O–H groups in total. The zero-order chi connectivity index (χ0) is 16.8. The van der Waals surface area contributed by atoms with Crippen LogP contribution in [0.5, 0.6) is 5.75 Å². The molecule has 0 saturated carbocycles. The molecule has 0 radical (unpaired) electrons. The third-order valence-corrected chi connectivity index (χ3v) is 4.69. The Balaban J connectivity index is 1.47. The molecule has 3 rings (SSSR count). The highest BCUT2D eigenvalue weighted by atomic mass is 79.9. The van der Waals surface area contributed by atoms with E-state index in [-0.39, 0.29) is 12.4 Å². The smallest absolute Gasteiger partial charge is 0.184 e. The van der Waals surface area contributed by atoms with Crippen LogP contribution in [0.2, 0.25) is 0 Å². The van der Waals surface area contributed by atoms with Gasteiger partial charge in [-0.3, -0.25) is 4.79 Å². The van der Waals surface area contributed by atoms with Crippen LogP contribution in [0.1, 0.15) is 41.9 Å². The highest BCUT2D eigenvalue weighted by molar-refractivity contribution is 9.10. The zero-order valence-electron chi connectivity index (χ0n) is 13.4. The maximum atomic E-state index is 12.2. The Morgan fingerprint density at radius 1 is 1.25 bits per heavy atom. The molecule has 1 saturated heterocycles. The van der Waals surface area contributed by atoms with E-state index in [2.05, 4.69) is 21.1 Å². The number of hydrogen-bond acceptors (Lipinski definition) is 5. The van der Waals surface area contributed by atoms with Crippen LogP contribution < -0.4 is 4.74 Å². The van der Waals surface area contributed by atoms with Crippen molar-refractivity contribution in [3.8, 4) is 5.75 Å². The van der Waals surface area contributed by atoms with Gasteiger partial charge in [0.15, 0.2) is 11.5 Å². The lowest BCUT2D eigenvalue weighted by molar-refractivity contribution is 0.0618. The number of nitrogens with zero attached hydrogens (tertiary/aromatic N) is 1. The van der Waals surface area contributed by atoms with E-state index < -0.39 is 0 Å². The molecule has 5 nitrogen and oxygen atoms in total. The van der Waals surface area contributed by atoms with E-state index >= 15 is 0 Å². The lowest BCUT2D eigenvalue weighted by Crippen LogP contribution is -2.16. The molecule has 1 aliphatic rings. The van der Waals surface area contributed by atoms with Gasteiger partial charge >= 0.3 is 0 Å². The summed E-state index contributed by atoms with van der Waals surface area (Å²) in [5, 5.41) is 3.87. The first-order valence-electron chi connectivity index (χ1n) is 8.15. The number of aromatic nitrogens is 1. The second kappa shape index (κ2) is 8.44. The largest absolute Gasteiger partial charge is 0.486 e. The van der Waals surface area contributed by atoms with Crippen molar-refractivity contribution in [1.29, 1.82) is 0 Å². The van der Waals surface area contributed by atoms with E-state index in [1.54, 1.807) is 6.07 Å². The Morgan fingerprint density at radius 3 is 2.75 bits per heavy atom. The van der Waals surface area contributed by atoms with Gasteiger partial charge in [0.1, 0.15) is 18.1 Å². The molecule has 0 bridgehead atoms. The van der Waals surface area contributed by atoms with Gasteiger partial charge < -0.3 is 14.0 Å². The number of benzene rings is 1. The van der Waals surface area contributed by atoms with Gasteiger partial charge in [0.05, 0.1) is 0 Å². The quantitative estimate of drug-likeness (QED) is 0.652. The SMILES string of the molecule is O=C(CCC1CCOCC1)c1cc(COc2ccc(Br)cc2)on1. The Morgan fingerprint density at radius 2 is 2.00 bits per heavy atom. The fourth-order valence-corrected chi connectivity index (χ4v) is 2.96. The molecule has 0 atom stereocenters. The lowest BCUT2D eigenvalue weighted by atomic mass is 9.93. The third kappa shape index (κ3) is 4.92. The van der Waals surface area contributed by atoms with Crippen LogP contribution in [0, 0.1) is 5.92 Å². The van der Waals surface area contributed by atoms with E-state index in [0.29, 0.717) is 23.8 Å². The molecule has 1 aromatic carbocycles. The summed E-state index contributed by atoms with van der Waals surface area (Å²) in [7, 11) is 0. The monoisotopic (exact) mass is 393 g/mol. The zero-order valence-corrected chi connectivity index (χ0v) is 15.0. The molecular weight excluding hydrogens is 374 g/mol. The summed E-state index contributed by atoms with van der Waals surface area (Å²) in [5.74, 6) is 1.89. The van der Waals surface area contributed by atoms with Crippen molar-refractivity contribution >= 4 is 21.7 Å². The van der Waals surface area contributed by atoms with Crippen molar-refractivity contribution < 1.29 is 18.8 Å². The second-order valence-electron chi connectivity index (χ2n) is 5.94. The Bertz CT molecular complexity index is 662. The van der Waals surface area contributed by atoms with Crippen molar-refractivity contribution in [2.45, 2.75) is 32.3 Å². The van der Waals surface area contributed by atoms with Crippen molar-refractivity contribution in [3.63, 3.8) is 0 Å². The molecule has 0 spiro atoms. The molecule has 24 heavy (non-hydrogen) atoms. The number of hydrogen-bond donors (Lipinski definition) is 0. The predicted octanol–water partition coefficient (Wildman–Crippen LogP) is 4.41. The number of ketones is 1. The van der Waals surface area contributed by atoms with Crippen LogP contribution in [-0.2, 0) is 11.3 Å². The van der Waals surface area contributed by atoms with Crippen LogP contribution in [0.4, 0.5) is 0 Å². The van der Waals surface area contributed by atoms with Crippen LogP contribution in [0.25, 0.3) is 0 Å². The van der Waals surface area contributed by atoms with Crippen molar-refractivity contribution in [1.82, 2.24) is 5.16 Å². The number of Topliss-reactive ketones (excluding diaryl/α,β-unsaturated/α-hetero) is 1. The highest BCUT2D eigenvalue weighted by Crippen LogP contribution is 2.22. The summed E-state index contributed by atoms with van der Waals surface area (Å²) < 4.78 is 17.1. The fraction of sp³-hybridized carbons (Fsp3) is 0.444. The van der Waals surface area contributed by atoms with Crippen LogP contribution in [0.3, 0.4) is 0 Å². The number of rotatable bonds is 7. The molecule has 0 unspecified atom stereocenters. The lowest BCUT2D eigenvalue weighted by Gasteiger charge is -2.21. The third-order valence-electron chi connectivity index (χ3n) is 4.16. The molecule has 2 aromatic rings. The van der Waals surface area contributed by atoms with Gasteiger partial charge in [0.25, 0.3) is 0 Å². The standard InChI is InChI=1S/C18H20BrNO4/c19-14-2-4-15(5-3-14)23-12-16-11-17(20-24-16)18(21)6-1-13-7-9-22-10-8-13/h2-5,11,13H,1,6-10,12H2. The van der Waals surface area contributed by atoms with E-state index in [1.807, 2.05) is 24.3 Å². The van der Waals surface area contributed by atoms with Gasteiger partial charge in [0.2, 0.25) is 0 Å². The van der Waals surface area contributed by atoms with Crippen molar-refractivity contribution in [2.24, 2.45) is 5.92 Å². The number of carbonyl (C=O) groups excluding carboxylic acids is 1. The molecule has 128 valence electrons. The second-order valence-corrected chi connectivity index (χ2v) is 6.85. The molecule has 1 fully saturated rings. The van der Waals surface area contributed by atoms with E-state index in [0.717, 1.165) is 42.7 Å². The summed E-state index contributed by atoms with van der Waals surface area (Å²) >= 11 is 3.38. The maximum Gasteiger partial charge on any atom is 0.184 e. The average Bonchev–Trinajstić information content (AvgIpc) is 3.09.